The first-order valence-electron chi connectivity index (χ1n) is 11.7. The molecule has 1 aromatic carbocycles. The summed E-state index contributed by atoms with van der Waals surface area (Å²) in [6.45, 7) is 12.5. The molecule has 3 atom stereocenters. The predicted octanol–water partition coefficient (Wildman–Crippen LogP) is 4.17. The Labute approximate surface area is 199 Å². The second-order valence-corrected chi connectivity index (χ2v) is 9.39. The van der Waals surface area contributed by atoms with Crippen LogP contribution in [0.2, 0.25) is 0 Å². The molecule has 1 saturated heterocycles. The Morgan fingerprint density at radius 2 is 1.74 bits per heavy atom. The summed E-state index contributed by atoms with van der Waals surface area (Å²) in [5.74, 6) is -0.795. The van der Waals surface area contributed by atoms with Gasteiger partial charge in [-0.25, -0.2) is 14.5 Å². The maximum absolute atomic E-state index is 13.3. The van der Waals surface area contributed by atoms with E-state index in [1.165, 1.54) is 0 Å². The van der Waals surface area contributed by atoms with Crippen LogP contribution in [0, 0.1) is 6.92 Å². The molecule has 180 valence electrons. The van der Waals surface area contributed by atoms with Gasteiger partial charge in [-0.05, 0) is 47.6 Å². The number of esters is 1. The molecule has 0 saturated carbocycles. The third-order valence-corrected chi connectivity index (χ3v) is 5.99. The molecule has 3 heterocycles. The number of nitrogens with zero attached hydrogens (tertiary/aromatic N) is 4. The molecule has 0 N–H and O–H groups in total. The Morgan fingerprint density at radius 1 is 1.09 bits per heavy atom. The van der Waals surface area contributed by atoms with Crippen LogP contribution in [0.1, 0.15) is 56.6 Å². The van der Waals surface area contributed by atoms with E-state index >= 15 is 0 Å². The maximum Gasteiger partial charge on any atom is 0.339 e. The van der Waals surface area contributed by atoms with Crippen molar-refractivity contribution in [2.45, 2.75) is 65.9 Å². The molecular formula is C26H32N4O4. The second kappa shape index (κ2) is 9.54. The summed E-state index contributed by atoms with van der Waals surface area (Å²) in [6.07, 6.45) is 0.593. The van der Waals surface area contributed by atoms with E-state index in [0.29, 0.717) is 35.4 Å². The largest absolute Gasteiger partial charge is 0.449 e. The summed E-state index contributed by atoms with van der Waals surface area (Å²) >= 11 is 0. The molecule has 1 aliphatic rings. The van der Waals surface area contributed by atoms with Crippen molar-refractivity contribution in [3.63, 3.8) is 0 Å². The minimum atomic E-state index is -0.920. The number of hydrogen-bond acceptors (Lipinski definition) is 6. The number of ether oxygens (including phenoxy) is 2. The zero-order valence-corrected chi connectivity index (χ0v) is 20.6. The van der Waals surface area contributed by atoms with E-state index < -0.39 is 12.1 Å². The lowest BCUT2D eigenvalue weighted by Gasteiger charge is -2.36. The summed E-state index contributed by atoms with van der Waals surface area (Å²) in [7, 11) is 0. The Morgan fingerprint density at radius 3 is 2.35 bits per heavy atom. The van der Waals surface area contributed by atoms with Gasteiger partial charge >= 0.3 is 5.97 Å². The summed E-state index contributed by atoms with van der Waals surface area (Å²) in [6, 6.07) is 9.74. The first kappa shape index (κ1) is 23.9. The molecule has 4 rings (SSSR count). The fraction of sp³-hybridized carbons (Fsp3) is 0.462. The molecular weight excluding hydrogens is 432 g/mol. The number of carbonyl (C=O) groups is 2. The fourth-order valence-electron chi connectivity index (χ4n) is 4.33. The van der Waals surface area contributed by atoms with Crippen LogP contribution in [0.3, 0.4) is 0 Å². The highest BCUT2D eigenvalue weighted by Crippen LogP contribution is 2.27. The van der Waals surface area contributed by atoms with Crippen LogP contribution in [-0.4, -0.2) is 62.9 Å². The van der Waals surface area contributed by atoms with Crippen molar-refractivity contribution in [1.82, 2.24) is 19.7 Å². The molecule has 0 bridgehead atoms. The van der Waals surface area contributed by atoms with E-state index in [2.05, 4.69) is 5.10 Å². The van der Waals surface area contributed by atoms with E-state index in [4.69, 9.17) is 14.5 Å². The number of carbonyl (C=O) groups excluding carboxylic acids is 2. The van der Waals surface area contributed by atoms with Crippen LogP contribution in [0.25, 0.3) is 22.3 Å². The molecule has 1 fully saturated rings. The third-order valence-electron chi connectivity index (χ3n) is 5.99. The second-order valence-electron chi connectivity index (χ2n) is 9.39. The minimum Gasteiger partial charge on any atom is -0.449 e. The van der Waals surface area contributed by atoms with Gasteiger partial charge in [0.1, 0.15) is 0 Å². The van der Waals surface area contributed by atoms with Gasteiger partial charge in [0.2, 0.25) is 0 Å². The number of rotatable bonds is 5. The first-order chi connectivity index (χ1) is 16.1. The zero-order valence-electron chi connectivity index (χ0n) is 20.6. The highest BCUT2D eigenvalue weighted by molar-refractivity contribution is 6.04. The van der Waals surface area contributed by atoms with Gasteiger partial charge in [0.05, 0.1) is 35.0 Å². The Bertz CT molecular complexity index is 1190. The standard InChI is InChI=1S/C26H32N4O4/c1-15(2)30-24-22(12-27-30)21(11-23(28-24)20-9-7-16(3)8-10-20)26(32)34-19(6)25(31)29-13-17(4)33-18(5)14-29/h7-12,15,17-19H,13-14H2,1-6H3. The Hall–Kier alpha value is -3.26. The molecule has 0 spiro atoms. The van der Waals surface area contributed by atoms with Gasteiger partial charge in [0.15, 0.2) is 11.8 Å². The summed E-state index contributed by atoms with van der Waals surface area (Å²) in [5.41, 5.74) is 3.62. The average Bonchev–Trinajstić information content (AvgIpc) is 3.22. The van der Waals surface area contributed by atoms with Gasteiger partial charge in [-0.3, -0.25) is 4.79 Å². The highest BCUT2D eigenvalue weighted by atomic mass is 16.5. The molecule has 2 aromatic heterocycles. The number of aryl methyl sites for hydroxylation is 1. The SMILES string of the molecule is Cc1ccc(-c2cc(C(=O)OC(C)C(=O)N3CC(C)OC(C)C3)c3cnn(C(C)C)c3n2)cc1. The monoisotopic (exact) mass is 464 g/mol. The van der Waals surface area contributed by atoms with Crippen molar-refractivity contribution < 1.29 is 19.1 Å². The average molecular weight is 465 g/mol. The van der Waals surface area contributed by atoms with Crippen molar-refractivity contribution in [2.75, 3.05) is 13.1 Å². The summed E-state index contributed by atoms with van der Waals surface area (Å²) in [4.78, 5) is 32.8. The van der Waals surface area contributed by atoms with Gasteiger partial charge in [0, 0.05) is 24.7 Å². The molecule has 1 aliphatic heterocycles. The number of benzene rings is 1. The van der Waals surface area contributed by atoms with Crippen molar-refractivity contribution in [1.29, 1.82) is 0 Å². The van der Waals surface area contributed by atoms with E-state index in [1.54, 1.807) is 28.8 Å². The molecule has 8 heteroatoms. The number of pyridine rings is 1. The molecule has 0 radical (unpaired) electrons. The van der Waals surface area contributed by atoms with Gasteiger partial charge in [-0.1, -0.05) is 29.8 Å². The highest BCUT2D eigenvalue weighted by Gasteiger charge is 2.31. The van der Waals surface area contributed by atoms with E-state index in [9.17, 15) is 9.59 Å². The van der Waals surface area contributed by atoms with Crippen LogP contribution in [0.5, 0.6) is 0 Å². The summed E-state index contributed by atoms with van der Waals surface area (Å²) in [5, 5.41) is 5.05. The number of fused-ring (bicyclic) bond motifs is 1. The van der Waals surface area contributed by atoms with Crippen molar-refractivity contribution >= 4 is 22.9 Å². The lowest BCUT2D eigenvalue weighted by atomic mass is 10.1. The molecule has 3 aromatic rings. The number of hydrogen-bond donors (Lipinski definition) is 0. The molecule has 0 aliphatic carbocycles. The summed E-state index contributed by atoms with van der Waals surface area (Å²) < 4.78 is 13.2. The van der Waals surface area contributed by atoms with Gasteiger partial charge in [-0.2, -0.15) is 5.10 Å². The van der Waals surface area contributed by atoms with Gasteiger partial charge < -0.3 is 14.4 Å². The van der Waals surface area contributed by atoms with Crippen LogP contribution in [0.15, 0.2) is 36.5 Å². The van der Waals surface area contributed by atoms with Crippen LogP contribution in [-0.2, 0) is 14.3 Å². The van der Waals surface area contributed by atoms with Gasteiger partial charge in [-0.15, -0.1) is 0 Å². The lowest BCUT2D eigenvalue weighted by molar-refractivity contribution is -0.151. The first-order valence-corrected chi connectivity index (χ1v) is 11.7. The van der Waals surface area contributed by atoms with Crippen molar-refractivity contribution in [2.24, 2.45) is 0 Å². The molecule has 3 unspecified atom stereocenters. The third kappa shape index (κ3) is 4.82. The molecule has 34 heavy (non-hydrogen) atoms. The minimum absolute atomic E-state index is 0.0608. The van der Waals surface area contributed by atoms with Gasteiger partial charge in [0.25, 0.3) is 5.91 Å². The zero-order chi connectivity index (χ0) is 24.6. The fourth-order valence-corrected chi connectivity index (χ4v) is 4.33. The maximum atomic E-state index is 13.3. The molecule has 1 amide bonds. The number of aromatic nitrogens is 3. The normalized spacial score (nSPS) is 19.4. The van der Waals surface area contributed by atoms with Crippen LogP contribution in [0.4, 0.5) is 0 Å². The Balaban J connectivity index is 1.66. The number of morpholine rings is 1. The van der Waals surface area contributed by atoms with Crippen LogP contribution >= 0.6 is 0 Å². The quantitative estimate of drug-likeness (QED) is 0.527. The predicted molar refractivity (Wildman–Crippen MR) is 130 cm³/mol. The van der Waals surface area contributed by atoms with E-state index in [-0.39, 0.29) is 24.2 Å². The lowest BCUT2D eigenvalue weighted by Crippen LogP contribution is -2.51. The smallest absolute Gasteiger partial charge is 0.339 e. The number of amides is 1. The van der Waals surface area contributed by atoms with Crippen molar-refractivity contribution in [3.05, 3.63) is 47.7 Å². The van der Waals surface area contributed by atoms with E-state index in [1.807, 2.05) is 58.9 Å². The van der Waals surface area contributed by atoms with E-state index in [0.717, 1.165) is 11.1 Å². The van der Waals surface area contributed by atoms with Crippen molar-refractivity contribution in [3.8, 4) is 11.3 Å². The Kier molecular flexibility index (Phi) is 6.70. The molecule has 8 nitrogen and oxygen atoms in total. The van der Waals surface area contributed by atoms with Crippen LogP contribution < -0.4 is 0 Å². The topological polar surface area (TPSA) is 86.5 Å².